The van der Waals surface area contributed by atoms with Crippen LogP contribution in [0.2, 0.25) is 0 Å². The largest absolute Gasteiger partial charge is 0.337 e. The van der Waals surface area contributed by atoms with Crippen LogP contribution in [0.3, 0.4) is 0 Å². The molecule has 0 aromatic carbocycles. The summed E-state index contributed by atoms with van der Waals surface area (Å²) in [7, 11) is 2.14. The monoisotopic (exact) mass is 225 g/mol. The van der Waals surface area contributed by atoms with Crippen LogP contribution < -0.4 is 0 Å². The minimum absolute atomic E-state index is 0.0563. The molecule has 0 unspecified atom stereocenters. The van der Waals surface area contributed by atoms with Crippen molar-refractivity contribution in [3.05, 3.63) is 18.6 Å². The molecule has 1 rings (SSSR count). The molecule has 3 heteroatoms. The second-order valence-electron chi connectivity index (χ2n) is 6.04. The minimum atomic E-state index is 0.0563. The van der Waals surface area contributed by atoms with Gasteiger partial charge >= 0.3 is 0 Å². The summed E-state index contributed by atoms with van der Waals surface area (Å²) in [5, 5.41) is 0. The van der Waals surface area contributed by atoms with Crippen LogP contribution >= 0.6 is 0 Å². The maximum Gasteiger partial charge on any atom is 0.171 e. The van der Waals surface area contributed by atoms with Gasteiger partial charge in [0.1, 0.15) is 6.10 Å². The van der Waals surface area contributed by atoms with E-state index in [9.17, 15) is 0 Å². The number of piperidine rings is 1. The molecule has 1 saturated heterocycles. The predicted octanol–water partition coefficient (Wildman–Crippen LogP) is 2.60. The van der Waals surface area contributed by atoms with Crippen molar-refractivity contribution < 1.29 is 9.78 Å². The Morgan fingerprint density at radius 3 is 2.19 bits per heavy atom. The fourth-order valence-corrected chi connectivity index (χ4v) is 3.05. The fourth-order valence-electron chi connectivity index (χ4n) is 3.05. The third kappa shape index (κ3) is 2.88. The number of likely N-dealkylation sites (tertiary alicyclic amines) is 1. The van der Waals surface area contributed by atoms with Crippen molar-refractivity contribution in [2.75, 3.05) is 20.1 Å². The van der Waals surface area contributed by atoms with Crippen molar-refractivity contribution in [2.45, 2.75) is 33.8 Å². The first-order valence-corrected chi connectivity index (χ1v) is 5.64. The van der Waals surface area contributed by atoms with E-state index in [1.54, 1.807) is 0 Å². The van der Waals surface area contributed by atoms with E-state index in [0.717, 1.165) is 13.1 Å². The quantitative estimate of drug-likeness (QED) is 0.319. The van der Waals surface area contributed by atoms with Crippen molar-refractivity contribution in [1.82, 2.24) is 4.90 Å². The molecule has 0 spiro atoms. The fraction of sp³-hybridized carbons (Fsp3) is 0.769. The SMILES string of the molecule is C=C=COOC1C(C)(C)CN(C)CC1(C)C. The highest BCUT2D eigenvalue weighted by atomic mass is 17.2. The number of hydrogen-bond donors (Lipinski definition) is 0. The molecule has 1 heterocycles. The lowest BCUT2D eigenvalue weighted by Crippen LogP contribution is -2.58. The van der Waals surface area contributed by atoms with Crippen LogP contribution in [0, 0.1) is 10.8 Å². The van der Waals surface area contributed by atoms with E-state index in [-0.39, 0.29) is 16.9 Å². The van der Waals surface area contributed by atoms with Crippen LogP contribution in [0.5, 0.6) is 0 Å². The van der Waals surface area contributed by atoms with Crippen LogP contribution in [0.4, 0.5) is 0 Å². The number of rotatable bonds is 3. The average molecular weight is 225 g/mol. The number of hydrogen-bond acceptors (Lipinski definition) is 3. The Morgan fingerprint density at radius 1 is 1.25 bits per heavy atom. The summed E-state index contributed by atoms with van der Waals surface area (Å²) < 4.78 is 0. The maximum absolute atomic E-state index is 5.52. The normalized spacial score (nSPS) is 24.8. The highest BCUT2D eigenvalue weighted by Gasteiger charge is 2.48. The van der Waals surface area contributed by atoms with Crippen molar-refractivity contribution in [3.63, 3.8) is 0 Å². The molecule has 0 N–H and O–H groups in total. The molecule has 92 valence electrons. The maximum atomic E-state index is 5.52. The molecule has 0 saturated carbocycles. The van der Waals surface area contributed by atoms with Crippen LogP contribution in [-0.4, -0.2) is 31.1 Å². The Morgan fingerprint density at radius 2 is 1.75 bits per heavy atom. The van der Waals surface area contributed by atoms with E-state index >= 15 is 0 Å². The molecule has 0 aromatic rings. The third-order valence-corrected chi connectivity index (χ3v) is 3.06. The highest BCUT2D eigenvalue weighted by molar-refractivity contribution is 4.97. The molecule has 1 aliphatic heterocycles. The van der Waals surface area contributed by atoms with Gasteiger partial charge in [0.05, 0.1) is 0 Å². The Labute approximate surface area is 98.6 Å². The van der Waals surface area contributed by atoms with E-state index in [2.05, 4.69) is 52.0 Å². The Bertz CT molecular complexity index is 272. The van der Waals surface area contributed by atoms with Gasteiger partial charge in [0.25, 0.3) is 0 Å². The number of nitrogens with zero attached hydrogens (tertiary/aromatic N) is 1. The zero-order chi connectivity index (χ0) is 12.4. The molecule has 1 fully saturated rings. The second-order valence-corrected chi connectivity index (χ2v) is 6.04. The lowest BCUT2D eigenvalue weighted by Gasteiger charge is -2.50. The topological polar surface area (TPSA) is 21.7 Å². The van der Waals surface area contributed by atoms with Crippen LogP contribution in [-0.2, 0) is 9.78 Å². The Balaban J connectivity index is 2.79. The van der Waals surface area contributed by atoms with Gasteiger partial charge in [0.15, 0.2) is 6.26 Å². The van der Waals surface area contributed by atoms with Gasteiger partial charge in [0, 0.05) is 23.9 Å². The summed E-state index contributed by atoms with van der Waals surface area (Å²) in [6.07, 6.45) is 1.41. The van der Waals surface area contributed by atoms with Gasteiger partial charge < -0.3 is 9.79 Å². The van der Waals surface area contributed by atoms with Gasteiger partial charge in [-0.05, 0) is 7.05 Å². The average Bonchev–Trinajstić information content (AvgIpc) is 2.07. The van der Waals surface area contributed by atoms with Crippen LogP contribution in [0.15, 0.2) is 18.6 Å². The van der Waals surface area contributed by atoms with Crippen LogP contribution in [0.1, 0.15) is 27.7 Å². The van der Waals surface area contributed by atoms with E-state index in [1.807, 2.05) is 0 Å². The van der Waals surface area contributed by atoms with Crippen molar-refractivity contribution in [2.24, 2.45) is 10.8 Å². The van der Waals surface area contributed by atoms with Gasteiger partial charge in [-0.1, -0.05) is 40.0 Å². The molecular weight excluding hydrogens is 202 g/mol. The molecule has 0 aromatic heterocycles. The molecule has 0 radical (unpaired) electrons. The molecular formula is C13H23NO2. The van der Waals surface area contributed by atoms with E-state index < -0.39 is 0 Å². The first kappa shape index (κ1) is 13.3. The van der Waals surface area contributed by atoms with Crippen molar-refractivity contribution in [3.8, 4) is 0 Å². The zero-order valence-electron chi connectivity index (χ0n) is 11.0. The molecule has 0 bridgehead atoms. The Kier molecular flexibility index (Phi) is 3.84. The molecule has 3 nitrogen and oxygen atoms in total. The summed E-state index contributed by atoms with van der Waals surface area (Å²) in [6.45, 7) is 14.3. The summed E-state index contributed by atoms with van der Waals surface area (Å²) in [5.41, 5.74) is 2.66. The molecule has 16 heavy (non-hydrogen) atoms. The second kappa shape index (κ2) is 4.62. The third-order valence-electron chi connectivity index (χ3n) is 3.06. The van der Waals surface area contributed by atoms with Gasteiger partial charge in [0.2, 0.25) is 0 Å². The van der Waals surface area contributed by atoms with Crippen molar-refractivity contribution >= 4 is 0 Å². The van der Waals surface area contributed by atoms with E-state index in [4.69, 9.17) is 9.78 Å². The summed E-state index contributed by atoms with van der Waals surface area (Å²) in [6, 6.07) is 0. The lowest BCUT2D eigenvalue weighted by molar-refractivity contribution is -0.337. The molecule has 0 amide bonds. The summed E-state index contributed by atoms with van der Waals surface area (Å²) >= 11 is 0. The van der Waals surface area contributed by atoms with E-state index in [0.29, 0.717) is 0 Å². The summed E-state index contributed by atoms with van der Waals surface area (Å²) in [4.78, 5) is 12.9. The van der Waals surface area contributed by atoms with Gasteiger partial charge in [-0.15, -0.1) is 0 Å². The minimum Gasteiger partial charge on any atom is -0.337 e. The first-order valence-electron chi connectivity index (χ1n) is 5.64. The molecule has 1 aliphatic rings. The highest BCUT2D eigenvalue weighted by Crippen LogP contribution is 2.41. The molecule has 0 aliphatic carbocycles. The van der Waals surface area contributed by atoms with E-state index in [1.165, 1.54) is 6.26 Å². The van der Waals surface area contributed by atoms with Crippen LogP contribution in [0.25, 0.3) is 0 Å². The lowest BCUT2D eigenvalue weighted by atomic mass is 9.68. The van der Waals surface area contributed by atoms with Gasteiger partial charge in [-0.25, -0.2) is 0 Å². The van der Waals surface area contributed by atoms with Crippen molar-refractivity contribution in [1.29, 1.82) is 0 Å². The standard InChI is InChI=1S/C13H23NO2/c1-7-8-15-16-11-12(2,3)9-14(6)10-13(11,4)5/h8,11H,1,9-10H2,2-6H3. The van der Waals surface area contributed by atoms with Gasteiger partial charge in [-0.3, -0.25) is 0 Å². The predicted molar refractivity (Wildman–Crippen MR) is 64.7 cm³/mol. The summed E-state index contributed by atoms with van der Waals surface area (Å²) in [5.74, 6) is 0. The smallest absolute Gasteiger partial charge is 0.171 e. The molecule has 0 atom stereocenters. The zero-order valence-corrected chi connectivity index (χ0v) is 11.0. The Hall–Kier alpha value is -0.760. The first-order chi connectivity index (χ1) is 7.29. The van der Waals surface area contributed by atoms with Gasteiger partial charge in [-0.2, -0.15) is 4.89 Å².